The molecule has 140 valence electrons. The quantitative estimate of drug-likeness (QED) is 0.561. The lowest BCUT2D eigenvalue weighted by Gasteiger charge is -2.31. The van der Waals surface area contributed by atoms with E-state index in [4.69, 9.17) is 9.73 Å². The fourth-order valence-corrected chi connectivity index (χ4v) is 3.33. The van der Waals surface area contributed by atoms with Crippen LogP contribution in [0.5, 0.6) is 5.75 Å². The van der Waals surface area contributed by atoms with Gasteiger partial charge in [-0.15, -0.1) is 0 Å². The van der Waals surface area contributed by atoms with E-state index >= 15 is 0 Å². The number of hydrogen-bond acceptors (Lipinski definition) is 3. The Morgan fingerprint density at radius 1 is 1.20 bits per heavy atom. The van der Waals surface area contributed by atoms with Crippen LogP contribution in [0, 0.1) is 5.92 Å². The molecule has 5 nitrogen and oxygen atoms in total. The third-order valence-corrected chi connectivity index (χ3v) is 4.94. The highest BCUT2D eigenvalue weighted by atomic mass is 16.5. The van der Waals surface area contributed by atoms with Gasteiger partial charge < -0.3 is 20.3 Å². The first-order valence-electron chi connectivity index (χ1n) is 9.63. The second-order valence-electron chi connectivity index (χ2n) is 6.60. The Labute approximate surface area is 152 Å². The summed E-state index contributed by atoms with van der Waals surface area (Å²) in [4.78, 5) is 7.25. The van der Waals surface area contributed by atoms with Crippen LogP contribution in [0.3, 0.4) is 0 Å². The van der Waals surface area contributed by atoms with E-state index in [0.717, 1.165) is 36.3 Å². The summed E-state index contributed by atoms with van der Waals surface area (Å²) in [6.07, 6.45) is 3.87. The van der Waals surface area contributed by atoms with Crippen LogP contribution >= 0.6 is 0 Å². The third-order valence-electron chi connectivity index (χ3n) is 4.94. The minimum absolute atomic E-state index is 0.619. The first-order valence-corrected chi connectivity index (χ1v) is 9.63. The largest absolute Gasteiger partial charge is 0.496 e. The van der Waals surface area contributed by atoms with Crippen LogP contribution in [0.4, 0.5) is 0 Å². The molecule has 0 radical (unpaired) electrons. The van der Waals surface area contributed by atoms with Crippen LogP contribution in [0.1, 0.15) is 38.7 Å². The van der Waals surface area contributed by atoms with Crippen molar-refractivity contribution in [2.75, 3.05) is 39.8 Å². The Balaban J connectivity index is 1.80. The number of para-hydroxylation sites is 1. The summed E-state index contributed by atoms with van der Waals surface area (Å²) in [5.41, 5.74) is 1.11. The highest BCUT2D eigenvalue weighted by molar-refractivity contribution is 5.79. The van der Waals surface area contributed by atoms with Crippen molar-refractivity contribution in [2.24, 2.45) is 10.9 Å². The van der Waals surface area contributed by atoms with E-state index in [1.165, 1.54) is 38.9 Å². The molecule has 1 aromatic rings. The van der Waals surface area contributed by atoms with Gasteiger partial charge in [-0.3, -0.25) is 0 Å². The number of guanidine groups is 1. The van der Waals surface area contributed by atoms with Crippen LogP contribution in [0.15, 0.2) is 29.3 Å². The first kappa shape index (κ1) is 19.6. The molecule has 0 unspecified atom stereocenters. The average Bonchev–Trinajstić information content (AvgIpc) is 2.66. The van der Waals surface area contributed by atoms with Gasteiger partial charge in [0.15, 0.2) is 5.96 Å². The first-order chi connectivity index (χ1) is 12.3. The molecule has 1 heterocycles. The van der Waals surface area contributed by atoms with Crippen LogP contribution in [0.25, 0.3) is 0 Å². The summed E-state index contributed by atoms with van der Waals surface area (Å²) in [7, 11) is 1.70. The fraction of sp³-hybridized carbons (Fsp3) is 0.650. The van der Waals surface area contributed by atoms with Gasteiger partial charge in [0, 0.05) is 18.7 Å². The van der Waals surface area contributed by atoms with Gasteiger partial charge in [-0.2, -0.15) is 0 Å². The van der Waals surface area contributed by atoms with Gasteiger partial charge in [0.25, 0.3) is 0 Å². The monoisotopic (exact) mass is 346 g/mol. The molecule has 5 heteroatoms. The van der Waals surface area contributed by atoms with E-state index in [1.54, 1.807) is 7.11 Å². The lowest BCUT2D eigenvalue weighted by Crippen LogP contribution is -2.39. The van der Waals surface area contributed by atoms with E-state index in [0.29, 0.717) is 6.54 Å². The number of likely N-dealkylation sites (tertiary alicyclic amines) is 1. The lowest BCUT2D eigenvalue weighted by molar-refractivity contribution is 0.187. The van der Waals surface area contributed by atoms with Crippen molar-refractivity contribution in [3.8, 4) is 5.75 Å². The van der Waals surface area contributed by atoms with Crippen molar-refractivity contribution in [3.63, 3.8) is 0 Å². The molecule has 1 aromatic carbocycles. The molecule has 1 fully saturated rings. The molecule has 2 N–H and O–H groups in total. The Morgan fingerprint density at radius 2 is 1.96 bits per heavy atom. The molecular weight excluding hydrogens is 312 g/mol. The SMILES string of the molecule is CCNC(=NCc1ccccc1OC)NCCC1CCN(CC)CC1. The summed E-state index contributed by atoms with van der Waals surface area (Å²) < 4.78 is 5.40. The summed E-state index contributed by atoms with van der Waals surface area (Å²) in [5.74, 6) is 2.62. The Morgan fingerprint density at radius 3 is 2.64 bits per heavy atom. The highest BCUT2D eigenvalue weighted by Gasteiger charge is 2.17. The van der Waals surface area contributed by atoms with Gasteiger partial charge in [-0.1, -0.05) is 25.1 Å². The van der Waals surface area contributed by atoms with E-state index in [-0.39, 0.29) is 0 Å². The second kappa shape index (κ2) is 11.0. The second-order valence-corrected chi connectivity index (χ2v) is 6.60. The van der Waals surface area contributed by atoms with Gasteiger partial charge in [0.2, 0.25) is 0 Å². The maximum atomic E-state index is 5.40. The number of rotatable bonds is 8. The normalized spacial score (nSPS) is 16.7. The number of nitrogens with one attached hydrogen (secondary N) is 2. The van der Waals surface area contributed by atoms with Gasteiger partial charge in [0.1, 0.15) is 5.75 Å². The molecule has 0 aromatic heterocycles. The van der Waals surface area contributed by atoms with E-state index in [2.05, 4.69) is 35.4 Å². The standard InChI is InChI=1S/C20H34N4O/c1-4-21-20(23-16-18-8-6-7-9-19(18)25-3)22-13-10-17-11-14-24(5-2)15-12-17/h6-9,17H,4-5,10-16H2,1-3H3,(H2,21,22,23). The zero-order valence-corrected chi connectivity index (χ0v) is 16.1. The van der Waals surface area contributed by atoms with Crippen molar-refractivity contribution in [2.45, 2.75) is 39.7 Å². The number of nitrogens with zero attached hydrogens (tertiary/aromatic N) is 2. The molecule has 0 atom stereocenters. The molecule has 1 aliphatic rings. The number of methoxy groups -OCH3 is 1. The Hall–Kier alpha value is -1.75. The maximum Gasteiger partial charge on any atom is 0.191 e. The maximum absolute atomic E-state index is 5.40. The molecule has 25 heavy (non-hydrogen) atoms. The predicted molar refractivity (Wildman–Crippen MR) is 105 cm³/mol. The molecule has 0 aliphatic carbocycles. The van der Waals surface area contributed by atoms with Crippen LogP contribution in [-0.2, 0) is 6.54 Å². The van der Waals surface area contributed by atoms with Gasteiger partial charge in [-0.25, -0.2) is 4.99 Å². The summed E-state index contributed by atoms with van der Waals surface area (Å²) in [6.45, 7) is 10.5. The van der Waals surface area contributed by atoms with Crippen molar-refractivity contribution in [3.05, 3.63) is 29.8 Å². The van der Waals surface area contributed by atoms with Gasteiger partial charge >= 0.3 is 0 Å². The van der Waals surface area contributed by atoms with E-state index in [1.807, 2.05) is 18.2 Å². The van der Waals surface area contributed by atoms with Crippen LogP contribution < -0.4 is 15.4 Å². The fourth-order valence-electron chi connectivity index (χ4n) is 3.33. The smallest absolute Gasteiger partial charge is 0.191 e. The third kappa shape index (κ3) is 6.58. The summed E-state index contributed by atoms with van der Waals surface area (Å²) in [6, 6.07) is 8.05. The van der Waals surface area contributed by atoms with E-state index in [9.17, 15) is 0 Å². The Bertz CT molecular complexity index is 524. The molecular formula is C20H34N4O. The van der Waals surface area contributed by atoms with Gasteiger partial charge in [0.05, 0.1) is 13.7 Å². The number of hydrogen-bond donors (Lipinski definition) is 2. The van der Waals surface area contributed by atoms with Crippen molar-refractivity contribution >= 4 is 5.96 Å². The molecule has 0 amide bonds. The lowest BCUT2D eigenvalue weighted by atomic mass is 9.93. The number of ether oxygens (including phenoxy) is 1. The average molecular weight is 347 g/mol. The molecule has 2 rings (SSSR count). The van der Waals surface area contributed by atoms with E-state index < -0.39 is 0 Å². The Kier molecular flexibility index (Phi) is 8.60. The summed E-state index contributed by atoms with van der Waals surface area (Å²) in [5, 5.41) is 6.82. The molecule has 1 aliphatic heterocycles. The predicted octanol–water partition coefficient (Wildman–Crippen LogP) is 2.87. The number of aliphatic imine (C=N–C) groups is 1. The minimum Gasteiger partial charge on any atom is -0.496 e. The highest BCUT2D eigenvalue weighted by Crippen LogP contribution is 2.20. The van der Waals surface area contributed by atoms with Crippen molar-refractivity contribution in [1.82, 2.24) is 15.5 Å². The van der Waals surface area contributed by atoms with Crippen LogP contribution in [0.2, 0.25) is 0 Å². The zero-order chi connectivity index (χ0) is 17.9. The topological polar surface area (TPSA) is 48.9 Å². The van der Waals surface area contributed by atoms with Crippen molar-refractivity contribution in [1.29, 1.82) is 0 Å². The van der Waals surface area contributed by atoms with Crippen molar-refractivity contribution < 1.29 is 4.74 Å². The van der Waals surface area contributed by atoms with Crippen LogP contribution in [-0.4, -0.2) is 50.7 Å². The number of benzene rings is 1. The molecule has 1 saturated heterocycles. The molecule has 0 bridgehead atoms. The summed E-state index contributed by atoms with van der Waals surface area (Å²) >= 11 is 0. The minimum atomic E-state index is 0.619. The zero-order valence-electron chi connectivity index (χ0n) is 16.1. The number of piperidine rings is 1. The van der Waals surface area contributed by atoms with Gasteiger partial charge in [-0.05, 0) is 57.8 Å². The molecule has 0 saturated carbocycles. The molecule has 0 spiro atoms.